The third kappa shape index (κ3) is 5.50. The first-order valence-electron chi connectivity index (χ1n) is 10.5. The molecule has 0 spiro atoms. The van der Waals surface area contributed by atoms with E-state index in [1.54, 1.807) is 37.4 Å². The summed E-state index contributed by atoms with van der Waals surface area (Å²) in [7, 11) is -0.0419. The van der Waals surface area contributed by atoms with Crippen LogP contribution in [0.15, 0.2) is 47.5 Å². The monoisotopic (exact) mass is 492 g/mol. The van der Waals surface area contributed by atoms with Gasteiger partial charge in [-0.25, -0.2) is 12.8 Å². The topological polar surface area (TPSA) is 85.3 Å². The van der Waals surface area contributed by atoms with Gasteiger partial charge in [0, 0.05) is 11.8 Å². The van der Waals surface area contributed by atoms with Gasteiger partial charge in [0.15, 0.2) is 26.5 Å². The van der Waals surface area contributed by atoms with Crippen LogP contribution in [0.1, 0.15) is 11.1 Å². The van der Waals surface area contributed by atoms with Gasteiger partial charge in [0.2, 0.25) is 0 Å². The molecule has 2 saturated heterocycles. The number of methoxy groups -OCH3 is 2. The Balaban J connectivity index is 1.51. The van der Waals surface area contributed by atoms with Crippen molar-refractivity contribution in [3.05, 3.63) is 59.4 Å². The zero-order valence-corrected chi connectivity index (χ0v) is 20.0. The summed E-state index contributed by atoms with van der Waals surface area (Å²) in [5.74, 6) is 0.619. The standard InChI is InChI=1S/C23H25FN2O5S2/c1-30-19-8-5-16(11-20(19)31-2)12-22(27)25-23-26(10-9-15-3-6-17(24)7-4-15)18-13-33(28,29)14-21(18)32-23/h3-8,11,18,21H,9-10,12-14H2,1-2H3/t18-,21+/m0/s1. The first kappa shape index (κ1) is 23.6. The summed E-state index contributed by atoms with van der Waals surface area (Å²) < 4.78 is 48.1. The maximum absolute atomic E-state index is 13.2. The van der Waals surface area contributed by atoms with E-state index >= 15 is 0 Å². The third-order valence-electron chi connectivity index (χ3n) is 5.75. The van der Waals surface area contributed by atoms with E-state index in [0.29, 0.717) is 29.6 Å². The number of halogens is 1. The first-order chi connectivity index (χ1) is 15.8. The lowest BCUT2D eigenvalue weighted by molar-refractivity contribution is -0.117. The van der Waals surface area contributed by atoms with Gasteiger partial charge in [-0.3, -0.25) is 4.79 Å². The summed E-state index contributed by atoms with van der Waals surface area (Å²) in [5.41, 5.74) is 1.67. The Morgan fingerprint density at radius 1 is 1.09 bits per heavy atom. The highest BCUT2D eigenvalue weighted by Gasteiger charge is 2.48. The molecule has 2 aromatic carbocycles. The van der Waals surface area contributed by atoms with E-state index in [4.69, 9.17) is 9.47 Å². The second-order valence-corrected chi connectivity index (χ2v) is 11.4. The van der Waals surface area contributed by atoms with Crippen molar-refractivity contribution in [2.75, 3.05) is 32.3 Å². The molecular formula is C23H25FN2O5S2. The van der Waals surface area contributed by atoms with E-state index in [2.05, 4.69) is 4.99 Å². The summed E-state index contributed by atoms with van der Waals surface area (Å²) in [5, 5.41) is 0.406. The van der Waals surface area contributed by atoms with Gasteiger partial charge in [0.25, 0.3) is 5.91 Å². The molecule has 0 saturated carbocycles. The van der Waals surface area contributed by atoms with Crippen LogP contribution in [0, 0.1) is 5.82 Å². The van der Waals surface area contributed by atoms with Crippen LogP contribution in [-0.4, -0.2) is 68.0 Å². The van der Waals surface area contributed by atoms with Crippen LogP contribution in [0.4, 0.5) is 4.39 Å². The maximum atomic E-state index is 13.2. The van der Waals surface area contributed by atoms with Crippen molar-refractivity contribution in [1.82, 2.24) is 4.90 Å². The Morgan fingerprint density at radius 3 is 2.48 bits per heavy atom. The number of thioether (sulfide) groups is 1. The van der Waals surface area contributed by atoms with Gasteiger partial charge in [-0.2, -0.15) is 4.99 Å². The molecule has 2 aliphatic heterocycles. The molecule has 7 nitrogen and oxygen atoms in total. The van der Waals surface area contributed by atoms with Crippen LogP contribution in [0.25, 0.3) is 0 Å². The van der Waals surface area contributed by atoms with Gasteiger partial charge in [0.1, 0.15) is 5.82 Å². The summed E-state index contributed by atoms with van der Waals surface area (Å²) in [6.45, 7) is 0.498. The number of carbonyl (C=O) groups is 1. The molecule has 2 heterocycles. The molecule has 2 aromatic rings. The quantitative estimate of drug-likeness (QED) is 0.588. The van der Waals surface area contributed by atoms with Gasteiger partial charge >= 0.3 is 0 Å². The van der Waals surface area contributed by atoms with E-state index in [-0.39, 0.29) is 40.9 Å². The minimum atomic E-state index is -3.12. The van der Waals surface area contributed by atoms with Crippen molar-refractivity contribution in [3.8, 4) is 11.5 Å². The van der Waals surface area contributed by atoms with Crippen LogP contribution in [0.2, 0.25) is 0 Å². The highest BCUT2D eigenvalue weighted by atomic mass is 32.2. The predicted octanol–water partition coefficient (Wildman–Crippen LogP) is 2.73. The Kier molecular flexibility index (Phi) is 6.94. The van der Waals surface area contributed by atoms with E-state index in [1.807, 2.05) is 4.90 Å². The molecule has 2 aliphatic rings. The van der Waals surface area contributed by atoms with Gasteiger partial charge in [0.05, 0.1) is 38.2 Å². The molecule has 0 N–H and O–H groups in total. The number of hydrogen-bond donors (Lipinski definition) is 0. The van der Waals surface area contributed by atoms with Crippen molar-refractivity contribution in [2.24, 2.45) is 4.99 Å². The smallest absolute Gasteiger partial charge is 0.252 e. The van der Waals surface area contributed by atoms with Crippen molar-refractivity contribution >= 4 is 32.7 Å². The fraction of sp³-hybridized carbons (Fsp3) is 0.391. The molecule has 4 rings (SSSR count). The second-order valence-electron chi connectivity index (χ2n) is 8.02. The van der Waals surface area contributed by atoms with Gasteiger partial charge in [-0.1, -0.05) is 30.0 Å². The van der Waals surface area contributed by atoms with Gasteiger partial charge < -0.3 is 14.4 Å². The molecule has 0 bridgehead atoms. The number of fused-ring (bicyclic) bond motifs is 1. The van der Waals surface area contributed by atoms with Crippen LogP contribution in [0.3, 0.4) is 0 Å². The maximum Gasteiger partial charge on any atom is 0.252 e. The number of aliphatic imine (C=N–C) groups is 1. The number of rotatable bonds is 7. The van der Waals surface area contributed by atoms with Crippen LogP contribution < -0.4 is 9.47 Å². The van der Waals surface area contributed by atoms with Crippen LogP contribution in [-0.2, 0) is 27.5 Å². The SMILES string of the molecule is COc1ccc(CC(=O)N=C2S[C@@H]3CS(=O)(=O)C[C@@H]3N2CCc2ccc(F)cc2)cc1OC. The summed E-state index contributed by atoms with van der Waals surface area (Å²) >= 11 is 1.35. The molecule has 2 atom stereocenters. The zero-order valence-electron chi connectivity index (χ0n) is 18.4. The number of sulfone groups is 1. The molecule has 2 fully saturated rings. The molecule has 1 amide bonds. The number of nitrogens with zero attached hydrogens (tertiary/aromatic N) is 2. The molecule has 33 heavy (non-hydrogen) atoms. The molecule has 0 radical (unpaired) electrons. The number of benzene rings is 2. The Hall–Kier alpha value is -2.59. The zero-order chi connectivity index (χ0) is 23.6. The van der Waals surface area contributed by atoms with Gasteiger partial charge in [-0.15, -0.1) is 0 Å². The average molecular weight is 493 g/mol. The van der Waals surface area contributed by atoms with E-state index in [1.165, 1.54) is 31.0 Å². The van der Waals surface area contributed by atoms with E-state index < -0.39 is 9.84 Å². The lowest BCUT2D eigenvalue weighted by Gasteiger charge is -2.24. The molecular weight excluding hydrogens is 467 g/mol. The third-order valence-corrected chi connectivity index (χ3v) is 9.00. The number of hydrogen-bond acceptors (Lipinski definition) is 6. The summed E-state index contributed by atoms with van der Waals surface area (Å²) in [6, 6.07) is 11.3. The number of ether oxygens (including phenoxy) is 2. The largest absolute Gasteiger partial charge is 0.493 e. The van der Waals surface area contributed by atoms with E-state index in [9.17, 15) is 17.6 Å². The predicted molar refractivity (Wildman–Crippen MR) is 126 cm³/mol. The van der Waals surface area contributed by atoms with E-state index in [0.717, 1.165) is 11.1 Å². The fourth-order valence-electron chi connectivity index (χ4n) is 4.11. The highest BCUT2D eigenvalue weighted by molar-refractivity contribution is 8.15. The van der Waals surface area contributed by atoms with Crippen LogP contribution in [0.5, 0.6) is 11.5 Å². The first-order valence-corrected chi connectivity index (χ1v) is 13.2. The summed E-state index contributed by atoms with van der Waals surface area (Å²) in [6.07, 6.45) is 0.677. The van der Waals surface area contributed by atoms with Gasteiger partial charge in [-0.05, 0) is 41.8 Å². The molecule has 10 heteroatoms. The lowest BCUT2D eigenvalue weighted by atomic mass is 10.1. The Labute approximate surface area is 196 Å². The highest BCUT2D eigenvalue weighted by Crippen LogP contribution is 2.38. The van der Waals surface area contributed by atoms with Crippen LogP contribution >= 0.6 is 11.8 Å². The Morgan fingerprint density at radius 2 is 1.79 bits per heavy atom. The Bertz CT molecular complexity index is 1170. The fourth-order valence-corrected chi connectivity index (χ4v) is 8.10. The second kappa shape index (κ2) is 9.72. The molecule has 0 aromatic heterocycles. The normalized spacial score (nSPS) is 22.4. The van der Waals surface area contributed by atoms with Crippen molar-refractivity contribution in [2.45, 2.75) is 24.1 Å². The van der Waals surface area contributed by atoms with Crippen molar-refractivity contribution in [3.63, 3.8) is 0 Å². The molecule has 0 aliphatic carbocycles. The number of carbonyl (C=O) groups excluding carboxylic acids is 1. The number of amides is 1. The number of amidine groups is 1. The van der Waals surface area contributed by atoms with Crippen molar-refractivity contribution in [1.29, 1.82) is 0 Å². The molecule has 0 unspecified atom stereocenters. The summed E-state index contributed by atoms with van der Waals surface area (Å²) in [4.78, 5) is 19.0. The van der Waals surface area contributed by atoms with Crippen molar-refractivity contribution < 1.29 is 27.1 Å². The minimum absolute atomic E-state index is 0.0526. The lowest BCUT2D eigenvalue weighted by Crippen LogP contribution is -2.39. The molecule has 176 valence electrons. The average Bonchev–Trinajstić information content (AvgIpc) is 3.24. The minimum Gasteiger partial charge on any atom is -0.493 e.